The second-order valence-corrected chi connectivity index (χ2v) is 4.02. The lowest BCUT2D eigenvalue weighted by atomic mass is 9.97. The first-order valence-electron chi connectivity index (χ1n) is 5.89. The molecule has 0 unspecified atom stereocenters. The molecule has 1 aliphatic carbocycles. The number of carbonyl (C=O) groups is 1. The predicted octanol–water partition coefficient (Wildman–Crippen LogP) is 1.76. The fourth-order valence-electron chi connectivity index (χ4n) is 1.85. The van der Waals surface area contributed by atoms with E-state index in [1.165, 1.54) is 18.1 Å². The molecular formula is C13H16N2O3. The van der Waals surface area contributed by atoms with Gasteiger partial charge in [0.15, 0.2) is 5.76 Å². The maximum absolute atomic E-state index is 11.3. The van der Waals surface area contributed by atoms with Gasteiger partial charge in [0, 0.05) is 0 Å². The number of amides is 1. The van der Waals surface area contributed by atoms with Crippen LogP contribution in [-0.2, 0) is 14.3 Å². The Morgan fingerprint density at radius 1 is 1.50 bits per heavy atom. The van der Waals surface area contributed by atoms with Crippen LogP contribution in [0.5, 0.6) is 0 Å². The smallest absolute Gasteiger partial charge is 0.304 e. The Balaban J connectivity index is 2.12. The van der Waals surface area contributed by atoms with Crippen molar-refractivity contribution in [2.75, 3.05) is 0 Å². The average Bonchev–Trinajstić information content (AvgIpc) is 2.46. The minimum absolute atomic E-state index is 0.0588. The van der Waals surface area contributed by atoms with Gasteiger partial charge in [-0.15, -0.1) is 0 Å². The SMILES string of the molecule is CCC1=CCCC(C2=COC=C(C(=O)NN)O2)=C1. The molecule has 3 N–H and O–H groups in total. The highest BCUT2D eigenvalue weighted by Crippen LogP contribution is 2.28. The summed E-state index contributed by atoms with van der Waals surface area (Å²) in [5.74, 6) is 5.16. The van der Waals surface area contributed by atoms with E-state index in [4.69, 9.17) is 15.3 Å². The maximum atomic E-state index is 11.3. The number of nitrogens with one attached hydrogen (secondary N) is 1. The fourth-order valence-corrected chi connectivity index (χ4v) is 1.85. The molecule has 0 radical (unpaired) electrons. The number of nitrogens with two attached hydrogens (primary N) is 1. The van der Waals surface area contributed by atoms with Crippen molar-refractivity contribution in [3.8, 4) is 0 Å². The van der Waals surface area contributed by atoms with Gasteiger partial charge >= 0.3 is 5.91 Å². The Morgan fingerprint density at radius 2 is 2.33 bits per heavy atom. The Labute approximate surface area is 106 Å². The summed E-state index contributed by atoms with van der Waals surface area (Å²) < 4.78 is 10.6. The van der Waals surface area contributed by atoms with Crippen molar-refractivity contribution in [1.29, 1.82) is 0 Å². The molecule has 0 bridgehead atoms. The van der Waals surface area contributed by atoms with Crippen LogP contribution >= 0.6 is 0 Å². The second kappa shape index (κ2) is 5.55. The Kier molecular flexibility index (Phi) is 3.84. The summed E-state index contributed by atoms with van der Waals surface area (Å²) in [5, 5.41) is 0. The third-order valence-corrected chi connectivity index (χ3v) is 2.83. The second-order valence-electron chi connectivity index (χ2n) is 4.02. The summed E-state index contributed by atoms with van der Waals surface area (Å²) in [7, 11) is 0. The molecular weight excluding hydrogens is 232 g/mol. The van der Waals surface area contributed by atoms with E-state index >= 15 is 0 Å². The molecule has 1 heterocycles. The number of hydrazine groups is 1. The van der Waals surface area contributed by atoms with Crippen LogP contribution < -0.4 is 11.3 Å². The molecule has 0 saturated heterocycles. The molecule has 5 nitrogen and oxygen atoms in total. The summed E-state index contributed by atoms with van der Waals surface area (Å²) in [6.45, 7) is 2.10. The minimum atomic E-state index is -0.511. The monoisotopic (exact) mass is 248 g/mol. The highest BCUT2D eigenvalue weighted by atomic mass is 16.5. The van der Waals surface area contributed by atoms with Gasteiger partial charge in [-0.25, -0.2) is 5.84 Å². The molecule has 0 aromatic carbocycles. The van der Waals surface area contributed by atoms with Crippen molar-refractivity contribution in [2.45, 2.75) is 26.2 Å². The molecule has 0 fully saturated rings. The molecule has 2 rings (SSSR count). The van der Waals surface area contributed by atoms with Gasteiger partial charge in [0.1, 0.15) is 12.5 Å². The third kappa shape index (κ3) is 2.62. The highest BCUT2D eigenvalue weighted by Gasteiger charge is 2.20. The Bertz CT molecular complexity index is 473. The summed E-state index contributed by atoms with van der Waals surface area (Å²) in [4.78, 5) is 11.3. The molecule has 0 saturated carbocycles. The first kappa shape index (κ1) is 12.4. The first-order chi connectivity index (χ1) is 8.74. The van der Waals surface area contributed by atoms with Crippen LogP contribution in [-0.4, -0.2) is 5.91 Å². The molecule has 5 heteroatoms. The summed E-state index contributed by atoms with van der Waals surface area (Å²) in [6, 6.07) is 0. The molecule has 0 spiro atoms. The normalized spacial score (nSPS) is 18.6. The largest absolute Gasteiger partial charge is 0.465 e. The molecule has 96 valence electrons. The number of hydrogen-bond donors (Lipinski definition) is 2. The van der Waals surface area contributed by atoms with Crippen LogP contribution in [0.15, 0.2) is 47.3 Å². The summed E-state index contributed by atoms with van der Waals surface area (Å²) in [6.07, 6.45) is 9.82. The molecule has 0 aromatic heterocycles. The number of allylic oxidation sites excluding steroid dienone is 4. The third-order valence-electron chi connectivity index (χ3n) is 2.83. The zero-order valence-electron chi connectivity index (χ0n) is 10.2. The van der Waals surface area contributed by atoms with E-state index in [1.807, 2.05) is 5.43 Å². The summed E-state index contributed by atoms with van der Waals surface area (Å²) >= 11 is 0. The van der Waals surface area contributed by atoms with E-state index in [1.54, 1.807) is 0 Å². The molecule has 18 heavy (non-hydrogen) atoms. The van der Waals surface area contributed by atoms with Gasteiger partial charge in [-0.3, -0.25) is 10.2 Å². The van der Waals surface area contributed by atoms with Crippen molar-refractivity contribution < 1.29 is 14.3 Å². The van der Waals surface area contributed by atoms with Crippen LogP contribution in [0, 0.1) is 0 Å². The first-order valence-corrected chi connectivity index (χ1v) is 5.89. The molecule has 0 atom stereocenters. The van der Waals surface area contributed by atoms with E-state index in [-0.39, 0.29) is 5.76 Å². The van der Waals surface area contributed by atoms with Gasteiger partial charge < -0.3 is 9.47 Å². The van der Waals surface area contributed by atoms with Gasteiger partial charge in [-0.05, 0) is 24.8 Å². The average molecular weight is 248 g/mol. The van der Waals surface area contributed by atoms with Gasteiger partial charge in [-0.2, -0.15) is 0 Å². The lowest BCUT2D eigenvalue weighted by molar-refractivity contribution is -0.120. The Hall–Kier alpha value is -2.01. The predicted molar refractivity (Wildman–Crippen MR) is 66.4 cm³/mol. The van der Waals surface area contributed by atoms with Crippen LogP contribution in [0.3, 0.4) is 0 Å². The van der Waals surface area contributed by atoms with Crippen molar-refractivity contribution >= 4 is 5.91 Å². The van der Waals surface area contributed by atoms with Crippen molar-refractivity contribution in [3.05, 3.63) is 47.3 Å². The topological polar surface area (TPSA) is 73.6 Å². The van der Waals surface area contributed by atoms with Gasteiger partial charge in [-0.1, -0.05) is 24.6 Å². The van der Waals surface area contributed by atoms with E-state index < -0.39 is 5.91 Å². The van der Waals surface area contributed by atoms with Gasteiger partial charge in [0.2, 0.25) is 5.76 Å². The number of ether oxygens (including phenoxy) is 2. The highest BCUT2D eigenvalue weighted by molar-refractivity contribution is 5.91. The van der Waals surface area contributed by atoms with Gasteiger partial charge in [0.25, 0.3) is 0 Å². The number of rotatable bonds is 3. The van der Waals surface area contributed by atoms with Crippen LogP contribution in [0.4, 0.5) is 0 Å². The molecule has 0 aromatic rings. The standard InChI is InChI=1S/C13H16N2O3/c1-2-9-4-3-5-10(6-9)11-7-17-8-12(18-11)13(16)15-14/h4,6-8H,2-3,5,14H2,1H3,(H,15,16). The van der Waals surface area contributed by atoms with E-state index in [0.717, 1.165) is 24.8 Å². The van der Waals surface area contributed by atoms with E-state index in [9.17, 15) is 4.79 Å². The van der Waals surface area contributed by atoms with Crippen molar-refractivity contribution in [2.24, 2.45) is 5.84 Å². The van der Waals surface area contributed by atoms with Crippen LogP contribution in [0.2, 0.25) is 0 Å². The quantitative estimate of drug-likeness (QED) is 0.453. The van der Waals surface area contributed by atoms with Crippen molar-refractivity contribution in [3.63, 3.8) is 0 Å². The summed E-state index contributed by atoms with van der Waals surface area (Å²) in [5.41, 5.74) is 4.30. The Morgan fingerprint density at radius 3 is 3.06 bits per heavy atom. The van der Waals surface area contributed by atoms with Gasteiger partial charge in [0.05, 0.1) is 0 Å². The molecule has 2 aliphatic rings. The molecule has 1 aliphatic heterocycles. The van der Waals surface area contributed by atoms with Crippen LogP contribution in [0.25, 0.3) is 0 Å². The van der Waals surface area contributed by atoms with E-state index in [2.05, 4.69) is 19.1 Å². The number of hydrogen-bond acceptors (Lipinski definition) is 4. The maximum Gasteiger partial charge on any atom is 0.304 e. The molecule has 1 amide bonds. The zero-order valence-corrected chi connectivity index (χ0v) is 10.2. The lowest BCUT2D eigenvalue weighted by Gasteiger charge is -2.19. The van der Waals surface area contributed by atoms with E-state index in [0.29, 0.717) is 5.76 Å². The van der Waals surface area contributed by atoms with Crippen molar-refractivity contribution in [1.82, 2.24) is 5.43 Å². The fraction of sp³-hybridized carbons (Fsp3) is 0.308. The lowest BCUT2D eigenvalue weighted by Crippen LogP contribution is -2.32. The van der Waals surface area contributed by atoms with Crippen LogP contribution in [0.1, 0.15) is 26.2 Å². The zero-order chi connectivity index (χ0) is 13.0. The minimum Gasteiger partial charge on any atom is -0.465 e. The number of carbonyl (C=O) groups excluding carboxylic acids is 1.